The summed E-state index contributed by atoms with van der Waals surface area (Å²) in [6.45, 7) is 13.2. The third-order valence-electron chi connectivity index (χ3n) is 5.08. The molecular formula is C24H24FNO. The Hall–Kier alpha value is -2.81. The van der Waals surface area contributed by atoms with Crippen molar-refractivity contribution in [2.24, 2.45) is 4.99 Å². The number of halogens is 1. The molecule has 3 rings (SSSR count). The second-order valence-electron chi connectivity index (χ2n) is 7.32. The van der Waals surface area contributed by atoms with Gasteiger partial charge in [-0.1, -0.05) is 36.4 Å². The van der Waals surface area contributed by atoms with Gasteiger partial charge in [0.25, 0.3) is 5.91 Å². The van der Waals surface area contributed by atoms with Gasteiger partial charge in [0, 0.05) is 0 Å². The van der Waals surface area contributed by atoms with Crippen LogP contribution >= 0.6 is 0 Å². The number of nitrogens with zero attached hydrogens (tertiary/aromatic N) is 1. The van der Waals surface area contributed by atoms with Crippen LogP contribution in [0.4, 0.5) is 4.39 Å². The fourth-order valence-electron chi connectivity index (χ4n) is 3.47. The summed E-state index contributed by atoms with van der Waals surface area (Å²) in [5.74, 6) is -0.403. The zero-order valence-corrected chi connectivity index (χ0v) is 16.1. The summed E-state index contributed by atoms with van der Waals surface area (Å²) in [5.41, 5.74) is 6.07. The lowest BCUT2D eigenvalue weighted by molar-refractivity contribution is -0.112. The van der Waals surface area contributed by atoms with Crippen LogP contribution in [0.1, 0.15) is 49.3 Å². The molecular weight excluding hydrogens is 337 g/mol. The van der Waals surface area contributed by atoms with Crippen LogP contribution in [0, 0.1) is 12.7 Å². The number of aliphatic imine (C=N–C) groups is 1. The summed E-state index contributed by atoms with van der Waals surface area (Å²) in [6, 6.07) is 3.35. The molecule has 0 radical (unpaired) electrons. The maximum atomic E-state index is 14.7. The molecule has 2 aliphatic rings. The predicted octanol–water partition coefficient (Wildman–Crippen LogP) is 6.01. The van der Waals surface area contributed by atoms with Crippen molar-refractivity contribution in [3.63, 3.8) is 0 Å². The van der Waals surface area contributed by atoms with Crippen LogP contribution in [0.25, 0.3) is 5.57 Å². The summed E-state index contributed by atoms with van der Waals surface area (Å²) in [6.07, 6.45) is 9.86. The fraction of sp³-hybridized carbons (Fsp3) is 0.250. The summed E-state index contributed by atoms with van der Waals surface area (Å²) in [7, 11) is 0. The van der Waals surface area contributed by atoms with Crippen molar-refractivity contribution in [1.82, 2.24) is 0 Å². The molecule has 0 aromatic heterocycles. The van der Waals surface area contributed by atoms with E-state index in [2.05, 4.69) is 18.3 Å². The molecule has 0 atom stereocenters. The van der Waals surface area contributed by atoms with Gasteiger partial charge in [0.05, 0.1) is 5.57 Å². The molecule has 2 nitrogen and oxygen atoms in total. The molecule has 0 spiro atoms. The van der Waals surface area contributed by atoms with E-state index in [4.69, 9.17) is 0 Å². The van der Waals surface area contributed by atoms with Crippen molar-refractivity contribution >= 4 is 18.2 Å². The normalized spacial score (nSPS) is 17.7. The zero-order chi connectivity index (χ0) is 19.7. The second kappa shape index (κ2) is 7.43. The Morgan fingerprint density at radius 1 is 1.19 bits per heavy atom. The average molecular weight is 361 g/mol. The van der Waals surface area contributed by atoms with E-state index in [9.17, 15) is 9.18 Å². The van der Waals surface area contributed by atoms with Gasteiger partial charge in [0.15, 0.2) is 0 Å². The maximum absolute atomic E-state index is 14.7. The van der Waals surface area contributed by atoms with Crippen molar-refractivity contribution in [2.45, 2.75) is 39.5 Å². The number of aryl methyl sites for hydroxylation is 1. The third kappa shape index (κ3) is 3.97. The van der Waals surface area contributed by atoms with Crippen LogP contribution in [0.3, 0.4) is 0 Å². The van der Waals surface area contributed by atoms with Gasteiger partial charge in [-0.25, -0.2) is 9.38 Å². The summed E-state index contributed by atoms with van der Waals surface area (Å²) >= 11 is 0. The number of carbonyl (C=O) groups excluding carboxylic acids is 1. The van der Waals surface area contributed by atoms with Crippen molar-refractivity contribution in [3.05, 3.63) is 87.8 Å². The van der Waals surface area contributed by atoms with Crippen molar-refractivity contribution < 1.29 is 9.18 Å². The SMILES string of the molecule is C=NC(=O)C(=C(C)C1=CC(=C)C=C(C)C=C1)c1cc(F)c(C2CC2)cc1C. The standard InChI is InChI=1S/C24H24FNO/c1-14-6-7-19(11-15(2)10-14)17(4)23(24(27)26-5)20-13-22(25)21(12-16(20)3)18-8-9-18/h6-7,10-13,18H,2,5,8-9H2,1,3-4H3. The summed E-state index contributed by atoms with van der Waals surface area (Å²) in [5, 5.41) is 0. The number of hydrogen-bond acceptors (Lipinski definition) is 1. The highest BCUT2D eigenvalue weighted by Gasteiger charge is 2.28. The Labute approximate surface area is 160 Å². The van der Waals surface area contributed by atoms with Gasteiger partial charge in [0.2, 0.25) is 0 Å². The molecule has 0 N–H and O–H groups in total. The van der Waals surface area contributed by atoms with Crippen LogP contribution in [0.15, 0.2) is 70.3 Å². The molecule has 0 saturated heterocycles. The maximum Gasteiger partial charge on any atom is 0.277 e. The van der Waals surface area contributed by atoms with E-state index in [0.29, 0.717) is 17.1 Å². The van der Waals surface area contributed by atoms with E-state index in [1.807, 2.05) is 51.1 Å². The predicted molar refractivity (Wildman–Crippen MR) is 110 cm³/mol. The van der Waals surface area contributed by atoms with E-state index in [1.54, 1.807) is 0 Å². The Balaban J connectivity index is 2.18. The van der Waals surface area contributed by atoms with Crippen LogP contribution in [0.5, 0.6) is 0 Å². The van der Waals surface area contributed by atoms with Crippen LogP contribution in [0.2, 0.25) is 0 Å². The van der Waals surface area contributed by atoms with Gasteiger partial charge in [-0.15, -0.1) is 0 Å². The van der Waals surface area contributed by atoms with Crippen LogP contribution in [-0.2, 0) is 4.79 Å². The molecule has 0 heterocycles. The van der Waals surface area contributed by atoms with E-state index in [0.717, 1.165) is 46.3 Å². The first kappa shape index (κ1) is 19.0. The molecule has 1 amide bonds. The smallest absolute Gasteiger partial charge is 0.267 e. The van der Waals surface area contributed by atoms with Gasteiger partial charge in [-0.2, -0.15) is 0 Å². The Kier molecular flexibility index (Phi) is 5.22. The Bertz CT molecular complexity index is 968. The molecule has 0 bridgehead atoms. The van der Waals surface area contributed by atoms with Gasteiger partial charge in [-0.3, -0.25) is 4.79 Å². The second-order valence-corrected chi connectivity index (χ2v) is 7.32. The largest absolute Gasteiger partial charge is 0.277 e. The number of allylic oxidation sites excluding steroid dienone is 8. The molecule has 138 valence electrons. The first-order valence-corrected chi connectivity index (χ1v) is 9.11. The lowest BCUT2D eigenvalue weighted by Crippen LogP contribution is -2.06. The molecule has 0 aliphatic heterocycles. The first-order chi connectivity index (χ1) is 12.8. The van der Waals surface area contributed by atoms with Crippen LogP contribution < -0.4 is 0 Å². The molecule has 1 saturated carbocycles. The van der Waals surface area contributed by atoms with Crippen molar-refractivity contribution in [2.75, 3.05) is 0 Å². The van der Waals surface area contributed by atoms with Gasteiger partial charge < -0.3 is 0 Å². The molecule has 1 fully saturated rings. The molecule has 1 aromatic rings. The minimum absolute atomic E-state index is 0.257. The van der Waals surface area contributed by atoms with Crippen LogP contribution in [-0.4, -0.2) is 12.6 Å². The number of carbonyl (C=O) groups is 1. The number of benzene rings is 1. The lowest BCUT2D eigenvalue weighted by Gasteiger charge is -2.15. The van der Waals surface area contributed by atoms with E-state index in [1.165, 1.54) is 6.07 Å². The minimum Gasteiger partial charge on any atom is -0.267 e. The summed E-state index contributed by atoms with van der Waals surface area (Å²) < 4.78 is 14.7. The van der Waals surface area contributed by atoms with Crippen molar-refractivity contribution in [3.8, 4) is 0 Å². The minimum atomic E-state index is -0.456. The Morgan fingerprint density at radius 3 is 2.52 bits per heavy atom. The fourth-order valence-corrected chi connectivity index (χ4v) is 3.47. The molecule has 1 aromatic carbocycles. The van der Waals surface area contributed by atoms with Gasteiger partial charge >= 0.3 is 0 Å². The quantitative estimate of drug-likeness (QED) is 0.477. The highest BCUT2D eigenvalue weighted by molar-refractivity contribution is 6.23. The number of hydrogen-bond donors (Lipinski definition) is 0. The number of amides is 1. The molecule has 2 aliphatic carbocycles. The average Bonchev–Trinajstić information content (AvgIpc) is 3.46. The highest BCUT2D eigenvalue weighted by atomic mass is 19.1. The number of rotatable bonds is 4. The van der Waals surface area contributed by atoms with E-state index >= 15 is 0 Å². The molecule has 0 unspecified atom stereocenters. The molecule has 27 heavy (non-hydrogen) atoms. The van der Waals surface area contributed by atoms with E-state index in [-0.39, 0.29) is 5.82 Å². The first-order valence-electron chi connectivity index (χ1n) is 9.11. The highest BCUT2D eigenvalue weighted by Crippen LogP contribution is 2.43. The van der Waals surface area contributed by atoms with E-state index < -0.39 is 5.91 Å². The van der Waals surface area contributed by atoms with Gasteiger partial charge in [0.1, 0.15) is 5.82 Å². The zero-order valence-electron chi connectivity index (χ0n) is 16.1. The van der Waals surface area contributed by atoms with Crippen molar-refractivity contribution in [1.29, 1.82) is 0 Å². The third-order valence-corrected chi connectivity index (χ3v) is 5.08. The van der Waals surface area contributed by atoms with Gasteiger partial charge in [-0.05, 0) is 91.8 Å². The topological polar surface area (TPSA) is 29.4 Å². The molecule has 3 heteroatoms. The Morgan fingerprint density at radius 2 is 1.89 bits per heavy atom. The lowest BCUT2D eigenvalue weighted by atomic mass is 9.90. The summed E-state index contributed by atoms with van der Waals surface area (Å²) in [4.78, 5) is 16.2. The monoisotopic (exact) mass is 361 g/mol.